The maximum absolute atomic E-state index is 13.1. The number of benzene rings is 2. The second-order valence-corrected chi connectivity index (χ2v) is 5.16. The summed E-state index contributed by atoms with van der Waals surface area (Å²) < 4.78 is 18.2. The summed E-state index contributed by atoms with van der Waals surface area (Å²) in [5.74, 6) is -0.396. The average Bonchev–Trinajstić information content (AvgIpc) is 2.49. The van der Waals surface area contributed by atoms with E-state index in [0.717, 1.165) is 5.56 Å². The molecule has 21 heavy (non-hydrogen) atoms. The molecule has 1 amide bonds. The Bertz CT molecular complexity index is 619. The summed E-state index contributed by atoms with van der Waals surface area (Å²) in [6.45, 7) is 0. The molecule has 1 atom stereocenters. The highest BCUT2D eigenvalue weighted by Gasteiger charge is 2.16. The van der Waals surface area contributed by atoms with Gasteiger partial charge in [-0.25, -0.2) is 4.39 Å². The third kappa shape index (κ3) is 4.23. The Kier molecular flexibility index (Phi) is 5.22. The van der Waals surface area contributed by atoms with E-state index in [0.29, 0.717) is 12.1 Å². The number of nitrogens with one attached hydrogen (secondary N) is 1. The molecule has 2 rings (SSSR count). The van der Waals surface area contributed by atoms with Crippen molar-refractivity contribution in [2.75, 3.05) is 12.4 Å². The molecule has 2 aromatic carbocycles. The van der Waals surface area contributed by atoms with Crippen LogP contribution in [0, 0.1) is 5.82 Å². The molecule has 0 aliphatic carbocycles. The van der Waals surface area contributed by atoms with E-state index >= 15 is 0 Å². The van der Waals surface area contributed by atoms with Gasteiger partial charge >= 0.3 is 0 Å². The molecule has 0 heterocycles. The lowest BCUT2D eigenvalue weighted by atomic mass is 10.1. The van der Waals surface area contributed by atoms with Crippen LogP contribution in [0.15, 0.2) is 48.5 Å². The van der Waals surface area contributed by atoms with E-state index in [1.165, 1.54) is 25.3 Å². The molecule has 0 radical (unpaired) electrons. The van der Waals surface area contributed by atoms with Crippen LogP contribution in [0.1, 0.15) is 5.56 Å². The van der Waals surface area contributed by atoms with Crippen LogP contribution in [0.2, 0.25) is 0 Å². The number of thiol groups is 1. The first-order valence-electron chi connectivity index (χ1n) is 6.46. The monoisotopic (exact) mass is 305 g/mol. The van der Waals surface area contributed by atoms with Gasteiger partial charge in [-0.1, -0.05) is 30.3 Å². The van der Waals surface area contributed by atoms with Gasteiger partial charge in [0.2, 0.25) is 5.91 Å². The van der Waals surface area contributed by atoms with Crippen LogP contribution in [0.5, 0.6) is 5.75 Å². The molecule has 0 saturated heterocycles. The molecule has 2 aromatic rings. The first kappa shape index (κ1) is 15.4. The van der Waals surface area contributed by atoms with Crippen LogP contribution in [-0.4, -0.2) is 18.3 Å². The summed E-state index contributed by atoms with van der Waals surface area (Å²) in [5.41, 5.74) is 1.45. The van der Waals surface area contributed by atoms with Crippen LogP contribution >= 0.6 is 12.6 Å². The van der Waals surface area contributed by atoms with Crippen molar-refractivity contribution in [1.82, 2.24) is 0 Å². The standard InChI is InChI=1S/C16H16FNO2S/c1-20-14-10-12(17)7-8-13(14)18-16(19)15(21)9-11-5-3-2-4-6-11/h2-8,10,15,21H,9H2,1H3,(H,18,19). The Morgan fingerprint density at radius 2 is 2.00 bits per heavy atom. The lowest BCUT2D eigenvalue weighted by Crippen LogP contribution is -2.25. The second kappa shape index (κ2) is 7.13. The highest BCUT2D eigenvalue weighted by Crippen LogP contribution is 2.25. The van der Waals surface area contributed by atoms with Crippen molar-refractivity contribution in [3.8, 4) is 5.75 Å². The van der Waals surface area contributed by atoms with Crippen molar-refractivity contribution in [3.05, 3.63) is 59.9 Å². The lowest BCUT2D eigenvalue weighted by molar-refractivity contribution is -0.115. The summed E-state index contributed by atoms with van der Waals surface area (Å²) in [5, 5.41) is 2.20. The summed E-state index contributed by atoms with van der Waals surface area (Å²) >= 11 is 4.32. The number of carbonyl (C=O) groups is 1. The fraction of sp³-hybridized carbons (Fsp3) is 0.188. The molecule has 0 fully saturated rings. The second-order valence-electron chi connectivity index (χ2n) is 4.54. The maximum atomic E-state index is 13.1. The average molecular weight is 305 g/mol. The number of hydrogen-bond donors (Lipinski definition) is 2. The van der Waals surface area contributed by atoms with E-state index in [-0.39, 0.29) is 11.7 Å². The first-order chi connectivity index (χ1) is 10.1. The normalized spacial score (nSPS) is 11.8. The highest BCUT2D eigenvalue weighted by atomic mass is 32.1. The molecule has 0 spiro atoms. The minimum Gasteiger partial charge on any atom is -0.494 e. The van der Waals surface area contributed by atoms with Crippen LogP contribution in [0.4, 0.5) is 10.1 Å². The molecule has 5 heteroatoms. The smallest absolute Gasteiger partial charge is 0.237 e. The number of carbonyl (C=O) groups excluding carboxylic acids is 1. The van der Waals surface area contributed by atoms with Crippen molar-refractivity contribution >= 4 is 24.2 Å². The van der Waals surface area contributed by atoms with Crippen molar-refractivity contribution in [1.29, 1.82) is 0 Å². The summed E-state index contributed by atoms with van der Waals surface area (Å²) in [7, 11) is 1.42. The zero-order valence-corrected chi connectivity index (χ0v) is 12.4. The van der Waals surface area contributed by atoms with Gasteiger partial charge in [0.25, 0.3) is 0 Å². The molecule has 0 bridgehead atoms. The third-order valence-corrected chi connectivity index (χ3v) is 3.41. The fourth-order valence-electron chi connectivity index (χ4n) is 1.91. The van der Waals surface area contributed by atoms with Gasteiger partial charge in [-0.3, -0.25) is 4.79 Å². The molecule has 3 nitrogen and oxygen atoms in total. The van der Waals surface area contributed by atoms with Crippen molar-refractivity contribution < 1.29 is 13.9 Å². The fourth-order valence-corrected chi connectivity index (χ4v) is 2.19. The molecule has 110 valence electrons. The van der Waals surface area contributed by atoms with Crippen molar-refractivity contribution in [3.63, 3.8) is 0 Å². The predicted octanol–water partition coefficient (Wildman–Crippen LogP) is 3.31. The van der Waals surface area contributed by atoms with Crippen LogP contribution in [0.25, 0.3) is 0 Å². The highest BCUT2D eigenvalue weighted by molar-refractivity contribution is 7.81. The van der Waals surface area contributed by atoms with Crippen LogP contribution in [0.3, 0.4) is 0 Å². The van der Waals surface area contributed by atoms with Gasteiger partial charge in [-0.15, -0.1) is 0 Å². The van der Waals surface area contributed by atoms with E-state index in [1.54, 1.807) is 0 Å². The quantitative estimate of drug-likeness (QED) is 0.832. The molecule has 0 aromatic heterocycles. The van der Waals surface area contributed by atoms with E-state index in [2.05, 4.69) is 17.9 Å². The van der Waals surface area contributed by atoms with Crippen LogP contribution in [-0.2, 0) is 11.2 Å². The Labute approximate surface area is 128 Å². The minimum atomic E-state index is -0.498. The number of methoxy groups -OCH3 is 1. The minimum absolute atomic E-state index is 0.257. The number of anilines is 1. The number of halogens is 1. The third-order valence-electron chi connectivity index (χ3n) is 3.00. The largest absolute Gasteiger partial charge is 0.494 e. The summed E-state index contributed by atoms with van der Waals surface area (Å²) in [6, 6.07) is 13.6. The van der Waals surface area contributed by atoms with Gasteiger partial charge in [-0.05, 0) is 24.1 Å². The number of hydrogen-bond acceptors (Lipinski definition) is 3. The Morgan fingerprint density at radius 1 is 1.29 bits per heavy atom. The molecule has 1 unspecified atom stereocenters. The van der Waals surface area contributed by atoms with Crippen molar-refractivity contribution in [2.24, 2.45) is 0 Å². The molecule has 0 saturated carbocycles. The van der Waals surface area contributed by atoms with Gasteiger partial charge < -0.3 is 10.1 Å². The molecular formula is C16H16FNO2S. The SMILES string of the molecule is COc1cc(F)ccc1NC(=O)C(S)Cc1ccccc1. The van der Waals surface area contributed by atoms with E-state index in [1.807, 2.05) is 30.3 Å². The Morgan fingerprint density at radius 3 is 2.67 bits per heavy atom. The Balaban J connectivity index is 2.04. The van der Waals surface area contributed by atoms with Gasteiger partial charge in [-0.2, -0.15) is 12.6 Å². The summed E-state index contributed by atoms with van der Waals surface area (Å²) in [4.78, 5) is 12.1. The maximum Gasteiger partial charge on any atom is 0.237 e. The van der Waals surface area contributed by atoms with Gasteiger partial charge in [0.1, 0.15) is 11.6 Å². The lowest BCUT2D eigenvalue weighted by Gasteiger charge is -2.14. The number of ether oxygens (including phenoxy) is 1. The summed E-state index contributed by atoms with van der Waals surface area (Å²) in [6.07, 6.45) is 0.513. The zero-order chi connectivity index (χ0) is 15.2. The topological polar surface area (TPSA) is 38.3 Å². The molecular weight excluding hydrogens is 289 g/mol. The van der Waals surface area contributed by atoms with E-state index < -0.39 is 11.1 Å². The van der Waals surface area contributed by atoms with E-state index in [4.69, 9.17) is 4.74 Å². The predicted molar refractivity (Wildman–Crippen MR) is 84.5 cm³/mol. The van der Waals surface area contributed by atoms with Crippen molar-refractivity contribution in [2.45, 2.75) is 11.7 Å². The Hall–Kier alpha value is -2.01. The van der Waals surface area contributed by atoms with E-state index in [9.17, 15) is 9.18 Å². The van der Waals surface area contributed by atoms with Gasteiger partial charge in [0, 0.05) is 6.07 Å². The zero-order valence-electron chi connectivity index (χ0n) is 11.5. The first-order valence-corrected chi connectivity index (χ1v) is 6.98. The van der Waals surface area contributed by atoms with Gasteiger partial charge in [0.05, 0.1) is 18.0 Å². The number of amides is 1. The molecule has 0 aliphatic heterocycles. The van der Waals surface area contributed by atoms with Crippen LogP contribution < -0.4 is 10.1 Å². The van der Waals surface area contributed by atoms with Gasteiger partial charge in [0.15, 0.2) is 0 Å². The number of rotatable bonds is 5. The molecule has 0 aliphatic rings. The molecule has 1 N–H and O–H groups in total.